The molecule has 1 heterocycles. The third kappa shape index (κ3) is 5.05. The Labute approximate surface area is 141 Å². The molecule has 0 radical (unpaired) electrons. The second-order valence-corrected chi connectivity index (χ2v) is 5.39. The first-order valence-corrected chi connectivity index (χ1v) is 8.05. The van der Waals surface area contributed by atoms with Crippen LogP contribution < -0.4 is 4.74 Å². The van der Waals surface area contributed by atoms with Gasteiger partial charge >= 0.3 is 0 Å². The van der Waals surface area contributed by atoms with Crippen LogP contribution in [0.4, 0.5) is 11.4 Å². The van der Waals surface area contributed by atoms with E-state index in [0.717, 1.165) is 36.5 Å². The van der Waals surface area contributed by atoms with Gasteiger partial charge in [0, 0.05) is 18.9 Å². The van der Waals surface area contributed by atoms with Crippen LogP contribution in [0.1, 0.15) is 12.8 Å². The molecule has 0 amide bonds. The van der Waals surface area contributed by atoms with Crippen LogP contribution in [0.25, 0.3) is 0 Å². The highest BCUT2D eigenvalue weighted by atomic mass is 16.5. The maximum absolute atomic E-state index is 5.75. The van der Waals surface area contributed by atoms with E-state index in [1.807, 2.05) is 67.1 Å². The normalized spacial score (nSPS) is 11.0. The van der Waals surface area contributed by atoms with Crippen molar-refractivity contribution in [3.63, 3.8) is 0 Å². The minimum atomic E-state index is 0.708. The molecule has 0 fully saturated rings. The molecular formula is C19H20N4O. The lowest BCUT2D eigenvalue weighted by Crippen LogP contribution is -2.00. The Hall–Kier alpha value is -2.95. The van der Waals surface area contributed by atoms with Gasteiger partial charge in [0.1, 0.15) is 5.75 Å². The lowest BCUT2D eigenvalue weighted by Gasteiger charge is -2.06. The summed E-state index contributed by atoms with van der Waals surface area (Å²) in [6.45, 7) is 1.68. The Morgan fingerprint density at radius 2 is 1.62 bits per heavy atom. The van der Waals surface area contributed by atoms with Gasteiger partial charge in [0.05, 0.1) is 24.3 Å². The van der Waals surface area contributed by atoms with Gasteiger partial charge in [-0.1, -0.05) is 18.2 Å². The average Bonchev–Trinajstić information content (AvgIpc) is 3.15. The van der Waals surface area contributed by atoms with Crippen LogP contribution in [0.5, 0.6) is 5.75 Å². The topological polar surface area (TPSA) is 51.8 Å². The molecule has 0 bridgehead atoms. The fourth-order valence-electron chi connectivity index (χ4n) is 2.22. The number of ether oxygens (including phenoxy) is 1. The van der Waals surface area contributed by atoms with Gasteiger partial charge in [0.15, 0.2) is 0 Å². The van der Waals surface area contributed by atoms with E-state index in [9.17, 15) is 0 Å². The minimum absolute atomic E-state index is 0.708. The molecule has 0 N–H and O–H groups in total. The van der Waals surface area contributed by atoms with Crippen molar-refractivity contribution >= 4 is 11.4 Å². The number of aryl methyl sites for hydroxylation is 1. The fourth-order valence-corrected chi connectivity index (χ4v) is 2.22. The van der Waals surface area contributed by atoms with E-state index in [4.69, 9.17) is 4.74 Å². The van der Waals surface area contributed by atoms with Crippen molar-refractivity contribution < 1.29 is 4.74 Å². The molecular weight excluding hydrogens is 300 g/mol. The van der Waals surface area contributed by atoms with E-state index in [1.165, 1.54) is 0 Å². The largest absolute Gasteiger partial charge is 0.494 e. The molecule has 0 aliphatic rings. The smallest absolute Gasteiger partial charge is 0.119 e. The van der Waals surface area contributed by atoms with Crippen LogP contribution in [0.2, 0.25) is 0 Å². The Kier molecular flexibility index (Phi) is 5.72. The number of hydrogen-bond acceptors (Lipinski definition) is 4. The minimum Gasteiger partial charge on any atom is -0.494 e. The Morgan fingerprint density at radius 1 is 0.875 bits per heavy atom. The van der Waals surface area contributed by atoms with Crippen molar-refractivity contribution in [3.05, 3.63) is 73.3 Å². The Bertz CT molecular complexity index is 737. The van der Waals surface area contributed by atoms with E-state index >= 15 is 0 Å². The van der Waals surface area contributed by atoms with Gasteiger partial charge in [-0.3, -0.25) is 0 Å². The maximum atomic E-state index is 5.75. The van der Waals surface area contributed by atoms with E-state index in [-0.39, 0.29) is 0 Å². The number of aromatic nitrogens is 2. The zero-order chi connectivity index (χ0) is 16.5. The van der Waals surface area contributed by atoms with Gasteiger partial charge in [-0.15, -0.1) is 0 Å². The summed E-state index contributed by atoms with van der Waals surface area (Å²) in [5.41, 5.74) is 1.65. The lowest BCUT2D eigenvalue weighted by molar-refractivity contribution is 0.303. The highest BCUT2D eigenvalue weighted by Gasteiger charge is 1.96. The first kappa shape index (κ1) is 15.9. The van der Waals surface area contributed by atoms with Gasteiger partial charge in [-0.25, -0.2) is 4.98 Å². The molecule has 1 aromatic heterocycles. The van der Waals surface area contributed by atoms with Crippen molar-refractivity contribution in [1.29, 1.82) is 0 Å². The quantitative estimate of drug-likeness (QED) is 0.425. The predicted octanol–water partition coefficient (Wildman–Crippen LogP) is 5.16. The number of unbranched alkanes of at least 4 members (excludes halogenated alkanes) is 1. The van der Waals surface area contributed by atoms with Crippen LogP contribution >= 0.6 is 0 Å². The summed E-state index contributed by atoms with van der Waals surface area (Å²) < 4.78 is 7.82. The van der Waals surface area contributed by atoms with Crippen LogP contribution in [-0.4, -0.2) is 16.2 Å². The molecule has 24 heavy (non-hydrogen) atoms. The van der Waals surface area contributed by atoms with Crippen molar-refractivity contribution in [1.82, 2.24) is 9.55 Å². The van der Waals surface area contributed by atoms with Gasteiger partial charge in [-0.05, 0) is 49.2 Å². The molecule has 2 aromatic carbocycles. The zero-order valence-electron chi connectivity index (χ0n) is 13.5. The molecule has 0 atom stereocenters. The lowest BCUT2D eigenvalue weighted by atomic mass is 10.3. The number of rotatable bonds is 8. The summed E-state index contributed by atoms with van der Waals surface area (Å²) in [6, 6.07) is 17.4. The summed E-state index contributed by atoms with van der Waals surface area (Å²) in [7, 11) is 0. The molecule has 5 nitrogen and oxygen atoms in total. The molecule has 0 spiro atoms. The van der Waals surface area contributed by atoms with Crippen molar-refractivity contribution in [2.24, 2.45) is 10.2 Å². The summed E-state index contributed by atoms with van der Waals surface area (Å²) in [5.74, 6) is 0.858. The van der Waals surface area contributed by atoms with E-state index < -0.39 is 0 Å². The zero-order valence-corrected chi connectivity index (χ0v) is 13.5. The summed E-state index contributed by atoms with van der Waals surface area (Å²) in [5, 5.41) is 8.41. The first-order valence-electron chi connectivity index (χ1n) is 8.05. The first-order chi connectivity index (χ1) is 11.9. The van der Waals surface area contributed by atoms with Gasteiger partial charge in [-0.2, -0.15) is 10.2 Å². The molecule has 5 heteroatoms. The predicted molar refractivity (Wildman–Crippen MR) is 94.0 cm³/mol. The summed E-state index contributed by atoms with van der Waals surface area (Å²) >= 11 is 0. The molecule has 0 unspecified atom stereocenters. The number of azo groups is 1. The van der Waals surface area contributed by atoms with E-state index in [2.05, 4.69) is 19.8 Å². The summed E-state index contributed by atoms with van der Waals surface area (Å²) in [6.07, 6.45) is 7.69. The SMILES string of the molecule is c1ccc(N=Nc2ccc(OCCCCn3ccnc3)cc2)cc1. The highest BCUT2D eigenvalue weighted by Crippen LogP contribution is 2.21. The molecule has 122 valence electrons. The van der Waals surface area contributed by atoms with Crippen LogP contribution in [0.3, 0.4) is 0 Å². The Morgan fingerprint density at radius 3 is 2.33 bits per heavy atom. The Balaban J connectivity index is 1.40. The molecule has 0 aliphatic carbocycles. The molecule has 0 saturated heterocycles. The third-order valence-electron chi connectivity index (χ3n) is 3.51. The van der Waals surface area contributed by atoms with Gasteiger partial charge < -0.3 is 9.30 Å². The molecule has 3 rings (SSSR count). The molecule has 3 aromatic rings. The number of imidazole rings is 1. The fraction of sp³-hybridized carbons (Fsp3) is 0.211. The number of benzene rings is 2. The second kappa shape index (κ2) is 8.62. The van der Waals surface area contributed by atoms with Crippen LogP contribution in [-0.2, 0) is 6.54 Å². The summed E-state index contributed by atoms with van der Waals surface area (Å²) in [4.78, 5) is 4.03. The second-order valence-electron chi connectivity index (χ2n) is 5.39. The van der Waals surface area contributed by atoms with Crippen LogP contribution in [0.15, 0.2) is 83.5 Å². The average molecular weight is 320 g/mol. The van der Waals surface area contributed by atoms with Crippen LogP contribution in [0, 0.1) is 0 Å². The molecule has 0 aliphatic heterocycles. The van der Waals surface area contributed by atoms with E-state index in [1.54, 1.807) is 6.20 Å². The highest BCUT2D eigenvalue weighted by molar-refractivity contribution is 5.42. The monoisotopic (exact) mass is 320 g/mol. The molecule has 0 saturated carbocycles. The maximum Gasteiger partial charge on any atom is 0.119 e. The van der Waals surface area contributed by atoms with Gasteiger partial charge in [0.2, 0.25) is 0 Å². The van der Waals surface area contributed by atoms with E-state index in [0.29, 0.717) is 6.61 Å². The standard InChI is InChI=1S/C19H20N4O/c1-2-6-17(7-3-1)21-22-18-8-10-19(11-9-18)24-15-5-4-13-23-14-12-20-16-23/h1-3,6-12,14,16H,4-5,13,15H2. The van der Waals surface area contributed by atoms with Crippen molar-refractivity contribution in [3.8, 4) is 5.75 Å². The third-order valence-corrected chi connectivity index (χ3v) is 3.51. The number of nitrogens with zero attached hydrogens (tertiary/aromatic N) is 4. The number of hydrogen-bond donors (Lipinski definition) is 0. The van der Waals surface area contributed by atoms with Crippen molar-refractivity contribution in [2.45, 2.75) is 19.4 Å². The van der Waals surface area contributed by atoms with Gasteiger partial charge in [0.25, 0.3) is 0 Å². The van der Waals surface area contributed by atoms with Crippen molar-refractivity contribution in [2.75, 3.05) is 6.61 Å².